The van der Waals surface area contributed by atoms with E-state index in [-0.39, 0.29) is 0 Å². The van der Waals surface area contributed by atoms with E-state index in [1.807, 2.05) is 0 Å². The number of hydrogen-bond acceptors (Lipinski definition) is 0. The van der Waals surface area contributed by atoms with Crippen molar-refractivity contribution in [3.8, 4) is 0 Å². The van der Waals surface area contributed by atoms with Gasteiger partial charge in [-0.3, -0.25) is 0 Å². The molecule has 1 rings (SSSR count). The van der Waals surface area contributed by atoms with Crippen molar-refractivity contribution in [1.82, 2.24) is 0 Å². The third-order valence-corrected chi connectivity index (χ3v) is 3.62. The van der Waals surface area contributed by atoms with Crippen LogP contribution in [-0.4, -0.2) is 0 Å². The zero-order valence-electron chi connectivity index (χ0n) is 11.4. The van der Waals surface area contributed by atoms with Crippen LogP contribution in [0.15, 0.2) is 18.7 Å². The minimum Gasteiger partial charge on any atom is -0.0952 e. The van der Waals surface area contributed by atoms with Gasteiger partial charge in [0.25, 0.3) is 0 Å². The van der Waals surface area contributed by atoms with Gasteiger partial charge in [-0.25, -0.2) is 0 Å². The van der Waals surface area contributed by atoms with E-state index in [1.165, 1.54) is 34.2 Å². The van der Waals surface area contributed by atoms with Crippen LogP contribution in [0.3, 0.4) is 0 Å². The molecule has 0 N–H and O–H groups in total. The highest BCUT2D eigenvalue weighted by Gasteiger charge is 2.12. The summed E-state index contributed by atoms with van der Waals surface area (Å²) >= 11 is 0. The molecule has 0 aliphatic heterocycles. The number of allylic oxidation sites excluding steroid dienone is 1. The SMILES string of the molecule is C=C(CC)c1cc(C)c(C)cc1C(C)CC. The van der Waals surface area contributed by atoms with Crippen molar-refractivity contribution in [2.24, 2.45) is 0 Å². The maximum absolute atomic E-state index is 4.19. The first-order valence-corrected chi connectivity index (χ1v) is 6.30. The third kappa shape index (κ3) is 2.55. The fourth-order valence-corrected chi connectivity index (χ4v) is 1.96. The van der Waals surface area contributed by atoms with E-state index < -0.39 is 0 Å². The summed E-state index contributed by atoms with van der Waals surface area (Å²) in [5.74, 6) is 0.623. The molecule has 0 radical (unpaired) electrons. The van der Waals surface area contributed by atoms with Crippen molar-refractivity contribution in [2.75, 3.05) is 0 Å². The number of benzene rings is 1. The number of rotatable bonds is 4. The van der Waals surface area contributed by atoms with Crippen LogP contribution in [0, 0.1) is 13.8 Å². The summed E-state index contributed by atoms with van der Waals surface area (Å²) in [5.41, 5.74) is 6.87. The molecule has 1 aromatic rings. The van der Waals surface area contributed by atoms with Crippen LogP contribution in [0.4, 0.5) is 0 Å². The Morgan fingerprint density at radius 2 is 1.75 bits per heavy atom. The zero-order chi connectivity index (χ0) is 12.3. The van der Waals surface area contributed by atoms with Gasteiger partial charge >= 0.3 is 0 Å². The van der Waals surface area contributed by atoms with Crippen molar-refractivity contribution < 1.29 is 0 Å². The Morgan fingerprint density at radius 3 is 2.25 bits per heavy atom. The third-order valence-electron chi connectivity index (χ3n) is 3.62. The fraction of sp³-hybridized carbons (Fsp3) is 0.500. The van der Waals surface area contributed by atoms with E-state index in [9.17, 15) is 0 Å². The lowest BCUT2D eigenvalue weighted by Crippen LogP contribution is -2.00. The van der Waals surface area contributed by atoms with Gasteiger partial charge in [0.1, 0.15) is 0 Å². The van der Waals surface area contributed by atoms with Gasteiger partial charge in [0.2, 0.25) is 0 Å². The summed E-state index contributed by atoms with van der Waals surface area (Å²) in [5, 5.41) is 0. The van der Waals surface area contributed by atoms with Crippen LogP contribution in [0.5, 0.6) is 0 Å². The molecule has 0 fully saturated rings. The van der Waals surface area contributed by atoms with Gasteiger partial charge in [-0.2, -0.15) is 0 Å². The summed E-state index contributed by atoms with van der Waals surface area (Å²) < 4.78 is 0. The number of hydrogen-bond donors (Lipinski definition) is 0. The Balaban J connectivity index is 3.32. The Kier molecular flexibility index (Phi) is 4.35. The predicted molar refractivity (Wildman–Crippen MR) is 73.9 cm³/mol. The Labute approximate surface area is 100 Å². The van der Waals surface area contributed by atoms with Crippen LogP contribution in [-0.2, 0) is 0 Å². The molecule has 16 heavy (non-hydrogen) atoms. The maximum Gasteiger partial charge on any atom is -0.0187 e. The van der Waals surface area contributed by atoms with Crippen molar-refractivity contribution in [2.45, 2.75) is 53.4 Å². The van der Waals surface area contributed by atoms with Gasteiger partial charge in [0.05, 0.1) is 0 Å². The molecule has 1 unspecified atom stereocenters. The molecule has 1 atom stereocenters. The van der Waals surface area contributed by atoms with Crippen LogP contribution in [0.2, 0.25) is 0 Å². The minimum absolute atomic E-state index is 0.623. The van der Waals surface area contributed by atoms with Crippen molar-refractivity contribution in [3.05, 3.63) is 41.0 Å². The molecule has 0 saturated heterocycles. The normalized spacial score (nSPS) is 12.6. The monoisotopic (exact) mass is 216 g/mol. The summed E-state index contributed by atoms with van der Waals surface area (Å²) in [6.07, 6.45) is 2.22. The highest BCUT2D eigenvalue weighted by Crippen LogP contribution is 2.30. The Morgan fingerprint density at radius 1 is 1.19 bits per heavy atom. The standard InChI is InChI=1S/C16H24/c1-7-11(3)15-9-13(5)14(6)10-16(15)12(4)8-2/h9-10,12H,3,7-8H2,1-2,4-6H3. The lowest BCUT2D eigenvalue weighted by atomic mass is 9.87. The lowest BCUT2D eigenvalue weighted by Gasteiger charge is -2.18. The fourth-order valence-electron chi connectivity index (χ4n) is 1.96. The molecule has 0 aliphatic carbocycles. The van der Waals surface area contributed by atoms with Crippen LogP contribution in [0.25, 0.3) is 5.57 Å². The summed E-state index contributed by atoms with van der Waals surface area (Å²) in [6.45, 7) is 15.3. The first-order chi connectivity index (χ1) is 7.51. The van der Waals surface area contributed by atoms with E-state index in [4.69, 9.17) is 0 Å². The molecule has 0 aromatic heterocycles. The van der Waals surface area contributed by atoms with Gasteiger partial charge < -0.3 is 0 Å². The van der Waals surface area contributed by atoms with E-state index in [0.29, 0.717) is 5.92 Å². The predicted octanol–water partition coefficient (Wildman–Crippen LogP) is 5.24. The largest absolute Gasteiger partial charge is 0.0952 e. The van der Waals surface area contributed by atoms with E-state index in [2.05, 4.69) is 53.3 Å². The van der Waals surface area contributed by atoms with Gasteiger partial charge in [0.15, 0.2) is 0 Å². The molecular formula is C16H24. The molecule has 0 bridgehead atoms. The van der Waals surface area contributed by atoms with Crippen LogP contribution in [0.1, 0.15) is 61.8 Å². The lowest BCUT2D eigenvalue weighted by molar-refractivity contribution is 0.730. The van der Waals surface area contributed by atoms with Crippen molar-refractivity contribution >= 4 is 5.57 Å². The minimum atomic E-state index is 0.623. The molecule has 0 heteroatoms. The van der Waals surface area contributed by atoms with Gasteiger partial charge in [-0.1, -0.05) is 39.5 Å². The van der Waals surface area contributed by atoms with Crippen LogP contribution >= 0.6 is 0 Å². The van der Waals surface area contributed by atoms with Gasteiger partial charge in [-0.15, -0.1) is 0 Å². The first-order valence-electron chi connectivity index (χ1n) is 6.30. The van der Waals surface area contributed by atoms with E-state index in [0.717, 1.165) is 6.42 Å². The summed E-state index contributed by atoms with van der Waals surface area (Å²) in [7, 11) is 0. The average molecular weight is 216 g/mol. The van der Waals surface area contributed by atoms with Crippen molar-refractivity contribution in [3.63, 3.8) is 0 Å². The molecule has 88 valence electrons. The Hall–Kier alpha value is -1.04. The topological polar surface area (TPSA) is 0 Å². The molecular weight excluding hydrogens is 192 g/mol. The molecule has 0 aliphatic rings. The molecule has 0 heterocycles. The van der Waals surface area contributed by atoms with Gasteiger partial charge in [0, 0.05) is 0 Å². The molecule has 0 nitrogen and oxygen atoms in total. The maximum atomic E-state index is 4.19. The Bertz CT molecular complexity index is 385. The molecule has 0 saturated carbocycles. The van der Waals surface area contributed by atoms with Crippen LogP contribution < -0.4 is 0 Å². The molecule has 1 aromatic carbocycles. The summed E-state index contributed by atoms with van der Waals surface area (Å²) in [6, 6.07) is 4.66. The second-order valence-electron chi connectivity index (χ2n) is 4.79. The second-order valence-corrected chi connectivity index (χ2v) is 4.79. The molecule has 0 spiro atoms. The highest BCUT2D eigenvalue weighted by atomic mass is 14.2. The highest BCUT2D eigenvalue weighted by molar-refractivity contribution is 5.68. The first kappa shape index (κ1) is 13.0. The summed E-state index contributed by atoms with van der Waals surface area (Å²) in [4.78, 5) is 0. The average Bonchev–Trinajstić information content (AvgIpc) is 2.30. The second kappa shape index (κ2) is 5.34. The quantitative estimate of drug-likeness (QED) is 0.645. The van der Waals surface area contributed by atoms with Gasteiger partial charge in [-0.05, 0) is 60.4 Å². The van der Waals surface area contributed by atoms with E-state index in [1.54, 1.807) is 0 Å². The molecule has 0 amide bonds. The smallest absolute Gasteiger partial charge is 0.0187 e. The van der Waals surface area contributed by atoms with E-state index >= 15 is 0 Å². The van der Waals surface area contributed by atoms with Crippen molar-refractivity contribution in [1.29, 1.82) is 0 Å². The number of aryl methyl sites for hydroxylation is 2. The zero-order valence-corrected chi connectivity index (χ0v) is 11.4.